The minimum absolute atomic E-state index is 0.111. The number of quaternary nitrogens is 2. The van der Waals surface area contributed by atoms with Crippen LogP contribution in [0.15, 0.2) is 42.5 Å². The lowest BCUT2D eigenvalue weighted by molar-refractivity contribution is -0.999. The maximum atomic E-state index is 12.2. The molecule has 4 heteroatoms. The van der Waals surface area contributed by atoms with Gasteiger partial charge in [-0.15, -0.1) is 0 Å². The van der Waals surface area contributed by atoms with Gasteiger partial charge in [0.05, 0.1) is 7.05 Å². The van der Waals surface area contributed by atoms with Gasteiger partial charge in [0.1, 0.15) is 26.2 Å². The zero-order valence-corrected chi connectivity index (χ0v) is 12.5. The van der Waals surface area contributed by atoms with Crippen molar-refractivity contribution in [1.29, 1.82) is 0 Å². The van der Waals surface area contributed by atoms with E-state index >= 15 is 0 Å². The number of anilines is 1. The second kappa shape index (κ2) is 6.24. The number of fused-ring (bicyclic) bond motifs is 1. The van der Waals surface area contributed by atoms with E-state index in [1.807, 2.05) is 24.3 Å². The van der Waals surface area contributed by atoms with Crippen molar-refractivity contribution in [2.75, 3.05) is 45.1 Å². The molecule has 0 saturated carbocycles. The van der Waals surface area contributed by atoms with Gasteiger partial charge in [0.25, 0.3) is 5.91 Å². The molecule has 1 aliphatic heterocycles. The second-order valence-corrected chi connectivity index (χ2v) is 5.99. The van der Waals surface area contributed by atoms with Gasteiger partial charge < -0.3 is 15.1 Å². The summed E-state index contributed by atoms with van der Waals surface area (Å²) in [6.07, 6.45) is 0. The van der Waals surface area contributed by atoms with Crippen LogP contribution in [-0.2, 0) is 4.79 Å². The summed E-state index contributed by atoms with van der Waals surface area (Å²) < 4.78 is 0. The van der Waals surface area contributed by atoms with E-state index in [-0.39, 0.29) is 5.91 Å². The molecular formula is C17H23N3O+2. The topological polar surface area (TPSA) is 38.0 Å². The van der Waals surface area contributed by atoms with E-state index in [1.165, 1.54) is 10.3 Å². The largest absolute Gasteiger partial charge is 0.328 e. The number of nitrogens with one attached hydrogen (secondary N) is 3. The molecule has 1 fully saturated rings. The quantitative estimate of drug-likeness (QED) is 0.678. The third kappa shape index (κ3) is 3.60. The summed E-state index contributed by atoms with van der Waals surface area (Å²) >= 11 is 0. The number of hydrogen-bond donors (Lipinski definition) is 3. The molecular weight excluding hydrogens is 262 g/mol. The van der Waals surface area contributed by atoms with Gasteiger partial charge in [-0.2, -0.15) is 0 Å². The number of rotatable bonds is 3. The fraction of sp³-hybridized carbons (Fsp3) is 0.353. The van der Waals surface area contributed by atoms with Crippen LogP contribution in [0, 0.1) is 0 Å². The van der Waals surface area contributed by atoms with Crippen LogP contribution in [0.25, 0.3) is 10.8 Å². The summed E-state index contributed by atoms with van der Waals surface area (Å²) in [6.45, 7) is 5.03. The Morgan fingerprint density at radius 3 is 2.52 bits per heavy atom. The standard InChI is InChI=1S/C17H21N3O/c1-19-8-10-20(11-9-19)13-17(21)18-16-7-6-14-4-2-3-5-15(14)12-16/h2-7,12H,8-11,13H2,1H3,(H,18,21)/p+2. The van der Waals surface area contributed by atoms with Gasteiger partial charge in [0.15, 0.2) is 6.54 Å². The second-order valence-electron chi connectivity index (χ2n) is 5.99. The van der Waals surface area contributed by atoms with Crippen molar-refractivity contribution in [1.82, 2.24) is 0 Å². The highest BCUT2D eigenvalue weighted by molar-refractivity contribution is 5.94. The Balaban J connectivity index is 1.60. The van der Waals surface area contributed by atoms with E-state index < -0.39 is 0 Å². The normalized spacial score (nSPS) is 22.1. The number of likely N-dealkylation sites (N-methyl/N-ethyl adjacent to an activating group) is 1. The monoisotopic (exact) mass is 285 g/mol. The first kappa shape index (κ1) is 14.0. The molecule has 4 nitrogen and oxygen atoms in total. The first-order valence-electron chi connectivity index (χ1n) is 7.64. The summed E-state index contributed by atoms with van der Waals surface area (Å²) in [5.74, 6) is 0.111. The molecule has 3 rings (SSSR count). The van der Waals surface area contributed by atoms with Gasteiger partial charge >= 0.3 is 0 Å². The lowest BCUT2D eigenvalue weighted by atomic mass is 10.1. The van der Waals surface area contributed by atoms with Crippen molar-refractivity contribution in [3.63, 3.8) is 0 Å². The van der Waals surface area contributed by atoms with Crippen LogP contribution in [0.2, 0.25) is 0 Å². The minimum Gasteiger partial charge on any atom is -0.328 e. The average Bonchev–Trinajstić information content (AvgIpc) is 2.49. The van der Waals surface area contributed by atoms with Crippen molar-refractivity contribution in [2.24, 2.45) is 0 Å². The van der Waals surface area contributed by atoms with Crippen LogP contribution < -0.4 is 15.1 Å². The van der Waals surface area contributed by atoms with Crippen LogP contribution in [-0.4, -0.2) is 45.7 Å². The first-order valence-corrected chi connectivity index (χ1v) is 7.64. The zero-order valence-electron chi connectivity index (χ0n) is 12.5. The molecule has 2 aromatic carbocycles. The average molecular weight is 285 g/mol. The van der Waals surface area contributed by atoms with E-state index in [0.717, 1.165) is 37.3 Å². The summed E-state index contributed by atoms with van der Waals surface area (Å²) in [4.78, 5) is 15.1. The molecule has 3 N–H and O–H groups in total. The van der Waals surface area contributed by atoms with Crippen LogP contribution in [0.3, 0.4) is 0 Å². The van der Waals surface area contributed by atoms with Crippen molar-refractivity contribution < 1.29 is 14.6 Å². The highest BCUT2D eigenvalue weighted by Gasteiger charge is 2.22. The Bertz CT molecular complexity index is 633. The predicted octanol–water partition coefficient (Wildman–Crippen LogP) is -0.808. The van der Waals surface area contributed by atoms with Gasteiger partial charge in [0.2, 0.25) is 0 Å². The Kier molecular flexibility index (Phi) is 4.18. The van der Waals surface area contributed by atoms with E-state index in [0.29, 0.717) is 6.54 Å². The smallest absolute Gasteiger partial charge is 0.279 e. The summed E-state index contributed by atoms with van der Waals surface area (Å²) in [5, 5.41) is 5.38. The van der Waals surface area contributed by atoms with E-state index in [9.17, 15) is 4.79 Å². The van der Waals surface area contributed by atoms with Gasteiger partial charge in [0, 0.05) is 5.69 Å². The Hall–Kier alpha value is -1.91. The molecule has 0 unspecified atom stereocenters. The van der Waals surface area contributed by atoms with Gasteiger partial charge in [-0.25, -0.2) is 0 Å². The molecule has 0 aromatic heterocycles. The number of carbonyl (C=O) groups is 1. The number of amides is 1. The molecule has 0 aliphatic carbocycles. The van der Waals surface area contributed by atoms with Crippen LogP contribution in [0.1, 0.15) is 0 Å². The molecule has 110 valence electrons. The fourth-order valence-electron chi connectivity index (χ4n) is 2.91. The zero-order chi connectivity index (χ0) is 14.7. The summed E-state index contributed by atoms with van der Waals surface area (Å²) in [6, 6.07) is 14.3. The lowest BCUT2D eigenvalue weighted by Gasteiger charge is -2.26. The highest BCUT2D eigenvalue weighted by Crippen LogP contribution is 2.18. The van der Waals surface area contributed by atoms with Crippen molar-refractivity contribution >= 4 is 22.4 Å². The van der Waals surface area contributed by atoms with Gasteiger partial charge in [-0.3, -0.25) is 4.79 Å². The predicted molar refractivity (Wildman–Crippen MR) is 84.8 cm³/mol. The Morgan fingerprint density at radius 2 is 1.76 bits per heavy atom. The number of hydrogen-bond acceptors (Lipinski definition) is 1. The van der Waals surface area contributed by atoms with Crippen LogP contribution >= 0.6 is 0 Å². The number of piperazine rings is 1. The third-order valence-electron chi connectivity index (χ3n) is 4.25. The van der Waals surface area contributed by atoms with Gasteiger partial charge in [-0.1, -0.05) is 30.3 Å². The van der Waals surface area contributed by atoms with Crippen molar-refractivity contribution in [3.05, 3.63) is 42.5 Å². The molecule has 2 aromatic rings. The fourth-order valence-corrected chi connectivity index (χ4v) is 2.91. The molecule has 0 atom stereocenters. The Labute approximate surface area is 125 Å². The molecule has 0 spiro atoms. The first-order chi connectivity index (χ1) is 10.2. The van der Waals surface area contributed by atoms with Crippen molar-refractivity contribution in [2.45, 2.75) is 0 Å². The molecule has 1 saturated heterocycles. The maximum Gasteiger partial charge on any atom is 0.279 e. The lowest BCUT2D eigenvalue weighted by Crippen LogP contribution is -3.27. The molecule has 1 aliphatic rings. The Morgan fingerprint density at radius 1 is 1.05 bits per heavy atom. The minimum atomic E-state index is 0.111. The molecule has 0 radical (unpaired) electrons. The number of carbonyl (C=O) groups excluding carboxylic acids is 1. The van der Waals surface area contributed by atoms with E-state index in [2.05, 4.69) is 30.6 Å². The van der Waals surface area contributed by atoms with E-state index in [4.69, 9.17) is 0 Å². The molecule has 1 heterocycles. The third-order valence-corrected chi connectivity index (χ3v) is 4.25. The SMILES string of the molecule is C[NH+]1CC[NH+](CC(=O)Nc2ccc3ccccc3c2)CC1. The van der Waals surface area contributed by atoms with E-state index in [1.54, 1.807) is 4.90 Å². The summed E-state index contributed by atoms with van der Waals surface area (Å²) in [5.41, 5.74) is 0.887. The summed E-state index contributed by atoms with van der Waals surface area (Å²) in [7, 11) is 2.21. The van der Waals surface area contributed by atoms with Crippen molar-refractivity contribution in [3.8, 4) is 0 Å². The van der Waals surface area contributed by atoms with Crippen LogP contribution in [0.5, 0.6) is 0 Å². The van der Waals surface area contributed by atoms with Gasteiger partial charge in [-0.05, 0) is 22.9 Å². The maximum absolute atomic E-state index is 12.2. The molecule has 1 amide bonds. The highest BCUT2D eigenvalue weighted by atomic mass is 16.2. The van der Waals surface area contributed by atoms with Crippen LogP contribution in [0.4, 0.5) is 5.69 Å². The molecule has 0 bridgehead atoms. The number of benzene rings is 2. The molecule has 21 heavy (non-hydrogen) atoms.